The topological polar surface area (TPSA) is 64.6 Å². The van der Waals surface area contributed by atoms with Crippen LogP contribution in [0.4, 0.5) is 0 Å². The van der Waals surface area contributed by atoms with Crippen molar-refractivity contribution in [2.24, 2.45) is 5.92 Å². The molecule has 0 aromatic heterocycles. The van der Waals surface area contributed by atoms with Gasteiger partial charge in [0.1, 0.15) is 5.75 Å². The standard InChI is InChI=1S/C14H23NO4S/c1-12(2)11-19-10-4-9-15-20(16,17)14-7-5-13(18-3)6-8-14/h5-8,12,15H,4,9-11H2,1-3H3. The number of hydrogen-bond acceptors (Lipinski definition) is 4. The Balaban J connectivity index is 2.37. The highest BCUT2D eigenvalue weighted by Crippen LogP contribution is 2.15. The number of methoxy groups -OCH3 is 1. The first-order chi connectivity index (χ1) is 9.45. The van der Waals surface area contributed by atoms with Gasteiger partial charge in [0.25, 0.3) is 0 Å². The average molecular weight is 301 g/mol. The molecule has 0 bridgehead atoms. The molecule has 0 amide bonds. The second-order valence-corrected chi connectivity index (χ2v) is 6.66. The Hall–Kier alpha value is -1.11. The zero-order valence-electron chi connectivity index (χ0n) is 12.3. The van der Waals surface area contributed by atoms with E-state index in [4.69, 9.17) is 9.47 Å². The van der Waals surface area contributed by atoms with E-state index < -0.39 is 10.0 Å². The fourth-order valence-electron chi connectivity index (χ4n) is 1.54. The molecule has 0 fully saturated rings. The van der Waals surface area contributed by atoms with Crippen LogP contribution in [0, 0.1) is 5.92 Å². The summed E-state index contributed by atoms with van der Waals surface area (Å²) < 4.78 is 36.9. The van der Waals surface area contributed by atoms with E-state index in [0.717, 1.165) is 0 Å². The summed E-state index contributed by atoms with van der Waals surface area (Å²) in [6.45, 7) is 5.78. The highest BCUT2D eigenvalue weighted by Gasteiger charge is 2.12. The number of rotatable bonds is 9. The van der Waals surface area contributed by atoms with E-state index in [1.807, 2.05) is 0 Å². The van der Waals surface area contributed by atoms with Gasteiger partial charge in [-0.15, -0.1) is 0 Å². The van der Waals surface area contributed by atoms with E-state index in [-0.39, 0.29) is 4.90 Å². The van der Waals surface area contributed by atoms with Crippen LogP contribution in [-0.2, 0) is 14.8 Å². The fourth-order valence-corrected chi connectivity index (χ4v) is 2.61. The van der Waals surface area contributed by atoms with Gasteiger partial charge in [0.2, 0.25) is 10.0 Å². The Kier molecular flexibility index (Phi) is 6.98. The van der Waals surface area contributed by atoms with E-state index in [9.17, 15) is 8.42 Å². The maximum atomic E-state index is 12.0. The highest BCUT2D eigenvalue weighted by molar-refractivity contribution is 7.89. The van der Waals surface area contributed by atoms with Gasteiger partial charge in [0, 0.05) is 19.8 Å². The molecule has 1 aromatic carbocycles. The van der Waals surface area contributed by atoms with Crippen molar-refractivity contribution in [1.29, 1.82) is 0 Å². The lowest BCUT2D eigenvalue weighted by Crippen LogP contribution is -2.25. The van der Waals surface area contributed by atoms with Crippen molar-refractivity contribution >= 4 is 10.0 Å². The molecule has 1 N–H and O–H groups in total. The van der Waals surface area contributed by atoms with Gasteiger partial charge in [-0.25, -0.2) is 13.1 Å². The molecule has 1 aromatic rings. The molecule has 0 atom stereocenters. The van der Waals surface area contributed by atoms with Gasteiger partial charge in [-0.3, -0.25) is 0 Å². The molecule has 1 rings (SSSR count). The summed E-state index contributed by atoms with van der Waals surface area (Å²) in [6, 6.07) is 6.30. The van der Waals surface area contributed by atoms with Crippen LogP contribution < -0.4 is 9.46 Å². The zero-order chi connectivity index (χ0) is 15.0. The minimum atomic E-state index is -3.45. The molecule has 0 radical (unpaired) electrons. The van der Waals surface area contributed by atoms with Crippen LogP contribution >= 0.6 is 0 Å². The zero-order valence-corrected chi connectivity index (χ0v) is 13.1. The van der Waals surface area contributed by atoms with Gasteiger partial charge in [-0.2, -0.15) is 0 Å². The summed E-state index contributed by atoms with van der Waals surface area (Å²) in [6.07, 6.45) is 0.655. The first-order valence-corrected chi connectivity index (χ1v) is 8.15. The molecule has 0 unspecified atom stereocenters. The Bertz CT molecular complexity index is 482. The van der Waals surface area contributed by atoms with Crippen molar-refractivity contribution in [1.82, 2.24) is 4.72 Å². The Labute approximate surface area is 121 Å². The predicted molar refractivity (Wildman–Crippen MR) is 78.5 cm³/mol. The number of benzene rings is 1. The quantitative estimate of drug-likeness (QED) is 0.709. The van der Waals surface area contributed by atoms with E-state index in [1.54, 1.807) is 19.2 Å². The molecule has 0 heterocycles. The molecule has 0 saturated heterocycles. The lowest BCUT2D eigenvalue weighted by molar-refractivity contribution is 0.108. The summed E-state index contributed by atoms with van der Waals surface area (Å²) in [4.78, 5) is 0.237. The lowest BCUT2D eigenvalue weighted by Gasteiger charge is -2.09. The number of hydrogen-bond donors (Lipinski definition) is 1. The van der Waals surface area contributed by atoms with E-state index in [2.05, 4.69) is 18.6 Å². The van der Waals surface area contributed by atoms with Crippen LogP contribution in [0.15, 0.2) is 29.2 Å². The second kappa shape index (κ2) is 8.24. The number of ether oxygens (including phenoxy) is 2. The smallest absolute Gasteiger partial charge is 0.240 e. The van der Waals surface area contributed by atoms with Crippen LogP contribution in [0.25, 0.3) is 0 Å². The van der Waals surface area contributed by atoms with Crippen LogP contribution in [0.1, 0.15) is 20.3 Å². The Morgan fingerprint density at radius 2 is 1.85 bits per heavy atom. The summed E-state index contributed by atoms with van der Waals surface area (Å²) in [7, 11) is -1.91. The third-order valence-electron chi connectivity index (χ3n) is 2.58. The molecule has 0 aliphatic heterocycles. The van der Waals surface area contributed by atoms with Crippen LogP contribution in [0.3, 0.4) is 0 Å². The summed E-state index contributed by atoms with van der Waals surface area (Å²) in [5, 5.41) is 0. The number of sulfonamides is 1. The largest absolute Gasteiger partial charge is 0.497 e. The van der Waals surface area contributed by atoms with Crippen molar-refractivity contribution in [3.05, 3.63) is 24.3 Å². The monoisotopic (exact) mass is 301 g/mol. The molecule has 114 valence electrons. The van der Waals surface area contributed by atoms with Gasteiger partial charge in [-0.1, -0.05) is 13.8 Å². The minimum Gasteiger partial charge on any atom is -0.497 e. The normalized spacial score (nSPS) is 11.8. The minimum absolute atomic E-state index is 0.237. The van der Waals surface area contributed by atoms with Gasteiger partial charge in [0.15, 0.2) is 0 Å². The molecule has 20 heavy (non-hydrogen) atoms. The third kappa shape index (κ3) is 5.90. The molecule has 5 nitrogen and oxygen atoms in total. The van der Waals surface area contributed by atoms with Crippen molar-refractivity contribution < 1.29 is 17.9 Å². The molecule has 0 spiro atoms. The van der Waals surface area contributed by atoms with E-state index in [1.165, 1.54) is 12.1 Å². The molecular weight excluding hydrogens is 278 g/mol. The van der Waals surface area contributed by atoms with Crippen molar-refractivity contribution in [3.63, 3.8) is 0 Å². The maximum absolute atomic E-state index is 12.0. The Morgan fingerprint density at radius 3 is 2.40 bits per heavy atom. The average Bonchev–Trinajstić information content (AvgIpc) is 2.42. The van der Waals surface area contributed by atoms with Gasteiger partial charge >= 0.3 is 0 Å². The maximum Gasteiger partial charge on any atom is 0.240 e. The molecule has 0 saturated carbocycles. The highest BCUT2D eigenvalue weighted by atomic mass is 32.2. The number of nitrogens with one attached hydrogen (secondary N) is 1. The first-order valence-electron chi connectivity index (χ1n) is 6.67. The van der Waals surface area contributed by atoms with Gasteiger partial charge in [0.05, 0.1) is 12.0 Å². The van der Waals surface area contributed by atoms with E-state index in [0.29, 0.717) is 37.8 Å². The molecular formula is C14H23NO4S. The van der Waals surface area contributed by atoms with E-state index >= 15 is 0 Å². The second-order valence-electron chi connectivity index (χ2n) is 4.90. The van der Waals surface area contributed by atoms with Gasteiger partial charge < -0.3 is 9.47 Å². The lowest BCUT2D eigenvalue weighted by atomic mass is 10.2. The first kappa shape index (κ1) is 16.9. The van der Waals surface area contributed by atoms with Crippen molar-refractivity contribution in [2.45, 2.75) is 25.2 Å². The molecule has 0 aliphatic carbocycles. The summed E-state index contributed by atoms with van der Waals surface area (Å²) in [5.41, 5.74) is 0. The molecule has 0 aliphatic rings. The molecule has 6 heteroatoms. The Morgan fingerprint density at radius 1 is 1.20 bits per heavy atom. The van der Waals surface area contributed by atoms with Crippen LogP contribution in [0.2, 0.25) is 0 Å². The van der Waals surface area contributed by atoms with Crippen LogP contribution in [-0.4, -0.2) is 35.3 Å². The van der Waals surface area contributed by atoms with Gasteiger partial charge in [-0.05, 0) is 36.6 Å². The predicted octanol–water partition coefficient (Wildman–Crippen LogP) is 2.04. The van der Waals surface area contributed by atoms with Crippen LogP contribution in [0.5, 0.6) is 5.75 Å². The fraction of sp³-hybridized carbons (Fsp3) is 0.571. The van der Waals surface area contributed by atoms with Crippen molar-refractivity contribution in [2.75, 3.05) is 26.9 Å². The third-order valence-corrected chi connectivity index (χ3v) is 4.06. The SMILES string of the molecule is COc1ccc(S(=O)(=O)NCCCOCC(C)C)cc1. The summed E-state index contributed by atoms with van der Waals surface area (Å²) >= 11 is 0. The van der Waals surface area contributed by atoms with Crippen molar-refractivity contribution in [3.8, 4) is 5.75 Å². The summed E-state index contributed by atoms with van der Waals surface area (Å²) in [5.74, 6) is 1.12.